The van der Waals surface area contributed by atoms with E-state index in [0.29, 0.717) is 0 Å². The van der Waals surface area contributed by atoms with Crippen LogP contribution in [-0.4, -0.2) is 19.9 Å². The fourth-order valence-electron chi connectivity index (χ4n) is 2.87. The molecule has 0 N–H and O–H groups in total. The third-order valence-electron chi connectivity index (χ3n) is 4.22. The van der Waals surface area contributed by atoms with Gasteiger partial charge in [-0.25, -0.2) is 19.9 Å². The number of unbranched alkanes of at least 4 members (excludes halogenated alkanes) is 2. The van der Waals surface area contributed by atoms with Crippen LogP contribution in [0.2, 0.25) is 0 Å². The average Bonchev–Trinajstić information content (AvgIpc) is 2.67. The Hall–Kier alpha value is -2.88. The fourth-order valence-corrected chi connectivity index (χ4v) is 2.87. The van der Waals surface area contributed by atoms with E-state index in [4.69, 9.17) is 0 Å². The van der Waals surface area contributed by atoms with Crippen molar-refractivity contribution < 1.29 is 0 Å². The van der Waals surface area contributed by atoms with E-state index in [-0.39, 0.29) is 0 Å². The Morgan fingerprint density at radius 1 is 0.640 bits per heavy atom. The van der Waals surface area contributed by atoms with Gasteiger partial charge in [0.25, 0.3) is 0 Å². The molecule has 0 aliphatic carbocycles. The molecule has 0 spiro atoms. The zero-order valence-electron chi connectivity index (χ0n) is 14.0. The summed E-state index contributed by atoms with van der Waals surface area (Å²) >= 11 is 0. The summed E-state index contributed by atoms with van der Waals surface area (Å²) < 4.78 is 0. The third kappa shape index (κ3) is 3.79. The summed E-state index contributed by atoms with van der Waals surface area (Å²) in [5.41, 5.74) is 2.02. The molecule has 0 aliphatic rings. The number of benzene rings is 2. The zero-order chi connectivity index (χ0) is 16.9. The lowest BCUT2D eigenvalue weighted by Crippen LogP contribution is -1.98. The summed E-state index contributed by atoms with van der Waals surface area (Å²) in [6.45, 7) is 0. The quantitative estimate of drug-likeness (QED) is 0.494. The van der Waals surface area contributed by atoms with Crippen LogP contribution < -0.4 is 0 Å². The van der Waals surface area contributed by atoms with Crippen LogP contribution in [0.25, 0.3) is 21.8 Å². The van der Waals surface area contributed by atoms with Crippen LogP contribution in [-0.2, 0) is 12.8 Å². The Morgan fingerprint density at radius 3 is 1.64 bits per heavy atom. The minimum absolute atomic E-state index is 0.864. The molecule has 4 rings (SSSR count). The molecule has 4 nitrogen and oxygen atoms in total. The van der Waals surface area contributed by atoms with Gasteiger partial charge in [-0.3, -0.25) is 0 Å². The van der Waals surface area contributed by atoms with Crippen LogP contribution >= 0.6 is 0 Å². The van der Waals surface area contributed by atoms with Gasteiger partial charge >= 0.3 is 0 Å². The summed E-state index contributed by atoms with van der Waals surface area (Å²) in [7, 11) is 0. The maximum atomic E-state index is 4.61. The van der Waals surface area contributed by atoms with E-state index in [1.807, 2.05) is 60.9 Å². The molecule has 2 aromatic heterocycles. The number of aryl methyl sites for hydroxylation is 2. The van der Waals surface area contributed by atoms with E-state index >= 15 is 0 Å². The smallest absolute Gasteiger partial charge is 0.128 e. The number of aromatic nitrogens is 4. The molecule has 0 bridgehead atoms. The first-order valence-corrected chi connectivity index (χ1v) is 8.61. The molecule has 0 fully saturated rings. The fraction of sp³-hybridized carbons (Fsp3) is 0.190. The van der Waals surface area contributed by atoms with Gasteiger partial charge in [-0.05, 0) is 31.4 Å². The Bertz CT molecular complexity index is 916. The van der Waals surface area contributed by atoms with Crippen LogP contribution in [0.5, 0.6) is 0 Å². The average molecular weight is 327 g/mol. The van der Waals surface area contributed by atoms with E-state index in [2.05, 4.69) is 26.4 Å². The molecule has 4 aromatic rings. The minimum atomic E-state index is 0.864. The second kappa shape index (κ2) is 7.34. The number of hydrogen-bond donors (Lipinski definition) is 0. The van der Waals surface area contributed by atoms with Gasteiger partial charge in [0.05, 0.1) is 11.0 Å². The highest BCUT2D eigenvalue weighted by Crippen LogP contribution is 2.13. The molecule has 25 heavy (non-hydrogen) atoms. The van der Waals surface area contributed by atoms with Gasteiger partial charge < -0.3 is 0 Å². The van der Waals surface area contributed by atoms with Crippen molar-refractivity contribution in [3.8, 4) is 0 Å². The topological polar surface area (TPSA) is 51.6 Å². The van der Waals surface area contributed by atoms with Gasteiger partial charge in [-0.2, -0.15) is 0 Å². The SMILES string of the molecule is [CH](CCc1ncc2ccccc2n1)CCc1ncc2ccccc2n1. The summed E-state index contributed by atoms with van der Waals surface area (Å²) in [5.74, 6) is 1.80. The van der Waals surface area contributed by atoms with E-state index in [1.54, 1.807) is 0 Å². The van der Waals surface area contributed by atoms with E-state index in [9.17, 15) is 0 Å². The standard InChI is InChI=1S/C21H19N4/c1(2-12-20-22-14-16-8-4-6-10-18(16)24-20)3-13-21-23-15-17-9-5-7-11-19(17)25-21/h1,4-11,14-15H,2-3,12-13H2. The van der Waals surface area contributed by atoms with Gasteiger partial charge in [0.2, 0.25) is 0 Å². The van der Waals surface area contributed by atoms with Crippen LogP contribution in [0.15, 0.2) is 60.9 Å². The van der Waals surface area contributed by atoms with Crippen molar-refractivity contribution in [2.24, 2.45) is 0 Å². The second-order valence-electron chi connectivity index (χ2n) is 6.06. The van der Waals surface area contributed by atoms with Crippen molar-refractivity contribution in [1.82, 2.24) is 19.9 Å². The Balaban J connectivity index is 1.28. The maximum absolute atomic E-state index is 4.61. The number of nitrogens with zero attached hydrogens (tertiary/aromatic N) is 4. The third-order valence-corrected chi connectivity index (χ3v) is 4.22. The molecule has 0 saturated carbocycles. The number of fused-ring (bicyclic) bond motifs is 2. The minimum Gasteiger partial charge on any atom is -0.241 e. The number of para-hydroxylation sites is 2. The van der Waals surface area contributed by atoms with Gasteiger partial charge in [-0.15, -0.1) is 0 Å². The second-order valence-corrected chi connectivity index (χ2v) is 6.06. The van der Waals surface area contributed by atoms with E-state index < -0.39 is 0 Å². The molecule has 1 radical (unpaired) electrons. The molecule has 0 atom stereocenters. The van der Waals surface area contributed by atoms with Gasteiger partial charge in [0.15, 0.2) is 0 Å². The molecule has 0 amide bonds. The lowest BCUT2D eigenvalue weighted by molar-refractivity contribution is 0.773. The predicted octanol–water partition coefficient (Wildman–Crippen LogP) is 4.34. The van der Waals surface area contributed by atoms with Crippen LogP contribution in [0.4, 0.5) is 0 Å². The molecule has 4 heteroatoms. The zero-order valence-corrected chi connectivity index (χ0v) is 14.0. The summed E-state index contributed by atoms with van der Waals surface area (Å²) in [5, 5.41) is 2.17. The highest BCUT2D eigenvalue weighted by Gasteiger charge is 2.02. The maximum Gasteiger partial charge on any atom is 0.128 e. The van der Waals surface area contributed by atoms with Crippen molar-refractivity contribution in [2.75, 3.05) is 0 Å². The Labute approximate surface area is 147 Å². The van der Waals surface area contributed by atoms with Gasteiger partial charge in [0, 0.05) is 36.0 Å². The largest absolute Gasteiger partial charge is 0.241 e. The van der Waals surface area contributed by atoms with Gasteiger partial charge in [-0.1, -0.05) is 36.4 Å². The molecular formula is C21H19N4. The van der Waals surface area contributed by atoms with E-state index in [1.165, 1.54) is 0 Å². The lowest BCUT2D eigenvalue weighted by atomic mass is 10.1. The molecule has 123 valence electrons. The lowest BCUT2D eigenvalue weighted by Gasteiger charge is -2.03. The highest BCUT2D eigenvalue weighted by molar-refractivity contribution is 5.77. The summed E-state index contributed by atoms with van der Waals surface area (Å²) in [6, 6.07) is 16.2. The number of hydrogen-bond acceptors (Lipinski definition) is 4. The molecule has 0 saturated heterocycles. The van der Waals surface area contributed by atoms with Crippen LogP contribution in [0.1, 0.15) is 24.5 Å². The molecular weight excluding hydrogens is 308 g/mol. The first-order valence-electron chi connectivity index (χ1n) is 8.61. The monoisotopic (exact) mass is 327 g/mol. The summed E-state index contributed by atoms with van der Waals surface area (Å²) in [6.07, 6.45) is 9.74. The molecule has 0 aliphatic heterocycles. The van der Waals surface area contributed by atoms with Crippen molar-refractivity contribution in [2.45, 2.75) is 25.7 Å². The Kier molecular flexibility index (Phi) is 4.59. The van der Waals surface area contributed by atoms with Crippen LogP contribution in [0.3, 0.4) is 0 Å². The number of rotatable bonds is 6. The molecule has 2 heterocycles. The highest BCUT2D eigenvalue weighted by atomic mass is 14.9. The van der Waals surface area contributed by atoms with Crippen molar-refractivity contribution in [3.05, 3.63) is 79.0 Å². The van der Waals surface area contributed by atoms with Crippen molar-refractivity contribution in [3.63, 3.8) is 0 Å². The first kappa shape index (κ1) is 15.6. The molecule has 0 unspecified atom stereocenters. The first-order chi connectivity index (χ1) is 12.4. The van der Waals surface area contributed by atoms with Crippen LogP contribution in [0, 0.1) is 6.42 Å². The van der Waals surface area contributed by atoms with Crippen molar-refractivity contribution >= 4 is 21.8 Å². The Morgan fingerprint density at radius 2 is 1.12 bits per heavy atom. The van der Waals surface area contributed by atoms with Crippen molar-refractivity contribution in [1.29, 1.82) is 0 Å². The van der Waals surface area contributed by atoms with E-state index in [0.717, 1.165) is 59.1 Å². The normalized spacial score (nSPS) is 11.2. The predicted molar refractivity (Wildman–Crippen MR) is 100 cm³/mol. The molecule has 2 aromatic carbocycles. The van der Waals surface area contributed by atoms with Gasteiger partial charge in [0.1, 0.15) is 11.6 Å². The summed E-state index contributed by atoms with van der Waals surface area (Å²) in [4.78, 5) is 18.1.